The maximum Gasteiger partial charge on any atom is 0.415 e. The fourth-order valence-corrected chi connectivity index (χ4v) is 1.90. The van der Waals surface area contributed by atoms with Crippen molar-refractivity contribution in [2.45, 2.75) is 24.7 Å². The molecule has 0 saturated carbocycles. The molecular formula is C12H14F3NO. The molecule has 94 valence electrons. The molecule has 1 heterocycles. The smallest absolute Gasteiger partial charge is 0.365 e. The van der Waals surface area contributed by atoms with E-state index < -0.39 is 17.8 Å². The molecule has 0 spiro atoms. The highest BCUT2D eigenvalue weighted by Crippen LogP contribution is 2.30. The van der Waals surface area contributed by atoms with Gasteiger partial charge in [-0.2, -0.15) is 13.2 Å². The van der Waals surface area contributed by atoms with E-state index in [1.165, 1.54) is 0 Å². The first-order valence-corrected chi connectivity index (χ1v) is 5.41. The van der Waals surface area contributed by atoms with Crippen LogP contribution in [0.4, 0.5) is 13.2 Å². The topological polar surface area (TPSA) is 21.3 Å². The summed E-state index contributed by atoms with van der Waals surface area (Å²) in [5.41, 5.74) is 0.379. The lowest BCUT2D eigenvalue weighted by molar-refractivity contribution is -0.235. The van der Waals surface area contributed by atoms with Gasteiger partial charge in [-0.3, -0.25) is 0 Å². The SMILES string of the molecule is CC1(c2ccccc2)COC(C(F)(F)F)CN1. The third-order valence-corrected chi connectivity index (χ3v) is 3.03. The second-order valence-corrected chi connectivity index (χ2v) is 4.42. The highest BCUT2D eigenvalue weighted by Gasteiger charge is 2.45. The highest BCUT2D eigenvalue weighted by atomic mass is 19.4. The second-order valence-electron chi connectivity index (χ2n) is 4.42. The van der Waals surface area contributed by atoms with Gasteiger partial charge in [-0.1, -0.05) is 30.3 Å². The molecule has 1 aliphatic rings. The average molecular weight is 245 g/mol. The molecule has 1 aromatic rings. The largest absolute Gasteiger partial charge is 0.415 e. The number of benzene rings is 1. The van der Waals surface area contributed by atoms with Gasteiger partial charge in [0, 0.05) is 6.54 Å². The Balaban J connectivity index is 2.08. The van der Waals surface area contributed by atoms with E-state index in [9.17, 15) is 13.2 Å². The fourth-order valence-electron chi connectivity index (χ4n) is 1.90. The zero-order chi connectivity index (χ0) is 12.5. The molecule has 0 aliphatic carbocycles. The van der Waals surface area contributed by atoms with Gasteiger partial charge in [0.05, 0.1) is 12.1 Å². The van der Waals surface area contributed by atoms with E-state index in [1.54, 1.807) is 0 Å². The molecule has 2 unspecified atom stereocenters. The van der Waals surface area contributed by atoms with Crippen molar-refractivity contribution in [3.63, 3.8) is 0 Å². The Morgan fingerprint density at radius 3 is 2.41 bits per heavy atom. The van der Waals surface area contributed by atoms with E-state index in [2.05, 4.69) is 5.32 Å². The molecule has 1 aromatic carbocycles. The Labute approximate surface area is 97.8 Å². The number of rotatable bonds is 1. The number of halogens is 3. The first-order chi connectivity index (χ1) is 7.92. The van der Waals surface area contributed by atoms with Crippen molar-refractivity contribution in [3.8, 4) is 0 Å². The van der Waals surface area contributed by atoms with E-state index in [0.717, 1.165) is 5.56 Å². The maximum atomic E-state index is 12.4. The number of alkyl halides is 3. The molecule has 2 rings (SSSR count). The summed E-state index contributed by atoms with van der Waals surface area (Å²) in [5.74, 6) is 0. The van der Waals surface area contributed by atoms with Crippen molar-refractivity contribution in [2.75, 3.05) is 13.2 Å². The van der Waals surface area contributed by atoms with Gasteiger partial charge in [-0.05, 0) is 12.5 Å². The van der Waals surface area contributed by atoms with Gasteiger partial charge in [-0.15, -0.1) is 0 Å². The molecule has 0 bridgehead atoms. The van der Waals surface area contributed by atoms with Crippen molar-refractivity contribution in [1.82, 2.24) is 5.32 Å². The third kappa shape index (κ3) is 2.61. The lowest BCUT2D eigenvalue weighted by Crippen LogP contribution is -2.56. The predicted molar refractivity (Wildman–Crippen MR) is 57.6 cm³/mol. The fraction of sp³-hybridized carbons (Fsp3) is 0.500. The number of nitrogens with one attached hydrogen (secondary N) is 1. The van der Waals surface area contributed by atoms with Gasteiger partial charge < -0.3 is 10.1 Å². The lowest BCUT2D eigenvalue weighted by atomic mass is 9.91. The van der Waals surface area contributed by atoms with Crippen LogP contribution in [0.15, 0.2) is 30.3 Å². The van der Waals surface area contributed by atoms with Crippen LogP contribution in [0.1, 0.15) is 12.5 Å². The molecule has 0 amide bonds. The summed E-state index contributed by atoms with van der Waals surface area (Å²) in [5, 5.41) is 2.92. The van der Waals surface area contributed by atoms with Gasteiger partial charge in [0.2, 0.25) is 0 Å². The first-order valence-electron chi connectivity index (χ1n) is 5.41. The summed E-state index contributed by atoms with van der Waals surface area (Å²) in [7, 11) is 0. The van der Waals surface area contributed by atoms with Crippen LogP contribution in [-0.2, 0) is 10.3 Å². The summed E-state index contributed by atoms with van der Waals surface area (Å²) >= 11 is 0. The van der Waals surface area contributed by atoms with E-state index in [4.69, 9.17) is 4.74 Å². The zero-order valence-corrected chi connectivity index (χ0v) is 9.42. The minimum Gasteiger partial charge on any atom is -0.365 e. The van der Waals surface area contributed by atoms with Gasteiger partial charge in [-0.25, -0.2) is 0 Å². The summed E-state index contributed by atoms with van der Waals surface area (Å²) in [6, 6.07) is 9.35. The summed E-state index contributed by atoms with van der Waals surface area (Å²) < 4.78 is 42.2. The first kappa shape index (κ1) is 12.4. The van der Waals surface area contributed by atoms with Crippen LogP contribution in [0, 0.1) is 0 Å². The van der Waals surface area contributed by atoms with Crippen LogP contribution in [0.2, 0.25) is 0 Å². The Hall–Kier alpha value is -1.07. The minimum atomic E-state index is -4.30. The molecule has 0 aromatic heterocycles. The maximum absolute atomic E-state index is 12.4. The molecular weight excluding hydrogens is 231 g/mol. The quantitative estimate of drug-likeness (QED) is 0.820. The van der Waals surface area contributed by atoms with E-state index in [0.29, 0.717) is 0 Å². The molecule has 5 heteroatoms. The molecule has 1 fully saturated rings. The summed E-state index contributed by atoms with van der Waals surface area (Å²) in [6.07, 6.45) is -6.01. The van der Waals surface area contributed by atoms with Crippen LogP contribution in [0.3, 0.4) is 0 Å². The third-order valence-electron chi connectivity index (χ3n) is 3.03. The molecule has 1 saturated heterocycles. The van der Waals surface area contributed by atoms with Crippen LogP contribution in [0.5, 0.6) is 0 Å². The normalized spacial score (nSPS) is 30.2. The van der Waals surface area contributed by atoms with Crippen molar-refractivity contribution >= 4 is 0 Å². The Bertz CT molecular complexity index is 369. The van der Waals surface area contributed by atoms with Crippen molar-refractivity contribution in [1.29, 1.82) is 0 Å². The Morgan fingerprint density at radius 1 is 1.29 bits per heavy atom. The molecule has 2 nitrogen and oxygen atoms in total. The van der Waals surface area contributed by atoms with Crippen LogP contribution in [0.25, 0.3) is 0 Å². The van der Waals surface area contributed by atoms with E-state index in [-0.39, 0.29) is 13.2 Å². The highest BCUT2D eigenvalue weighted by molar-refractivity contribution is 5.24. The second kappa shape index (κ2) is 4.31. The number of morpholine rings is 1. The van der Waals surface area contributed by atoms with Crippen LogP contribution in [-0.4, -0.2) is 25.4 Å². The zero-order valence-electron chi connectivity index (χ0n) is 9.42. The van der Waals surface area contributed by atoms with E-state index >= 15 is 0 Å². The van der Waals surface area contributed by atoms with Crippen molar-refractivity contribution in [3.05, 3.63) is 35.9 Å². The average Bonchev–Trinajstić information content (AvgIpc) is 2.29. The molecule has 17 heavy (non-hydrogen) atoms. The van der Waals surface area contributed by atoms with Gasteiger partial charge >= 0.3 is 6.18 Å². The monoisotopic (exact) mass is 245 g/mol. The van der Waals surface area contributed by atoms with Gasteiger partial charge in [0.15, 0.2) is 6.10 Å². The van der Waals surface area contributed by atoms with E-state index in [1.807, 2.05) is 37.3 Å². The molecule has 1 aliphatic heterocycles. The Morgan fingerprint density at radius 2 is 1.94 bits per heavy atom. The lowest BCUT2D eigenvalue weighted by Gasteiger charge is -2.39. The van der Waals surface area contributed by atoms with Crippen LogP contribution < -0.4 is 5.32 Å². The number of hydrogen-bond acceptors (Lipinski definition) is 2. The summed E-state index contributed by atoms with van der Waals surface area (Å²) in [6.45, 7) is 1.64. The molecule has 0 radical (unpaired) electrons. The summed E-state index contributed by atoms with van der Waals surface area (Å²) in [4.78, 5) is 0. The van der Waals surface area contributed by atoms with Crippen molar-refractivity contribution < 1.29 is 17.9 Å². The number of ether oxygens (including phenoxy) is 1. The van der Waals surface area contributed by atoms with Crippen LogP contribution >= 0.6 is 0 Å². The van der Waals surface area contributed by atoms with Gasteiger partial charge in [0.1, 0.15) is 0 Å². The predicted octanol–water partition coefficient (Wildman–Crippen LogP) is 2.45. The number of hydrogen-bond donors (Lipinski definition) is 1. The minimum absolute atomic E-state index is 0.0151. The standard InChI is InChI=1S/C12H14F3NO/c1-11(9-5-3-2-4-6-9)8-17-10(7-16-11)12(13,14)15/h2-6,10,16H,7-8H2,1H3. The molecule has 2 atom stereocenters. The van der Waals surface area contributed by atoms with Crippen molar-refractivity contribution in [2.24, 2.45) is 0 Å². The molecule has 1 N–H and O–H groups in total. The Kier molecular flexibility index (Phi) is 3.14. The van der Waals surface area contributed by atoms with Gasteiger partial charge in [0.25, 0.3) is 0 Å².